The Morgan fingerprint density at radius 2 is 2.17 bits per heavy atom. The molecule has 1 atom stereocenters. The van der Waals surface area contributed by atoms with E-state index in [1.54, 1.807) is 0 Å². The fraction of sp³-hybridized carbons (Fsp3) is 0.417. The highest BCUT2D eigenvalue weighted by Crippen LogP contribution is 2.19. The lowest BCUT2D eigenvalue weighted by molar-refractivity contribution is -0.117. The molecule has 0 spiro atoms. The molecular weight excluding hydrogens is 239 g/mol. The van der Waals surface area contributed by atoms with Crippen LogP contribution in [0.25, 0.3) is 0 Å². The number of carbonyl (C=O) groups excluding carboxylic acids is 1. The van der Waals surface area contributed by atoms with E-state index in [2.05, 4.69) is 5.32 Å². The summed E-state index contributed by atoms with van der Waals surface area (Å²) in [7, 11) is 2.95. The second kappa shape index (κ2) is 6.93. The Labute approximate surface area is 105 Å². The normalized spacial score (nSPS) is 12.0. The molecule has 0 aromatic heterocycles. The number of nitrogens with two attached hydrogens (primary N) is 1. The molecule has 6 heteroatoms. The molecule has 0 fully saturated rings. The Morgan fingerprint density at radius 3 is 2.78 bits per heavy atom. The third-order valence-electron chi connectivity index (χ3n) is 2.34. The SMILES string of the molecule is COCCC(N)C(=O)Nc1cc(F)cc(OC)c1. The molecule has 3 N–H and O–H groups in total. The van der Waals surface area contributed by atoms with Crippen molar-refractivity contribution < 1.29 is 18.7 Å². The van der Waals surface area contributed by atoms with E-state index in [1.165, 1.54) is 32.4 Å². The molecule has 0 radical (unpaired) electrons. The molecule has 1 unspecified atom stereocenters. The number of methoxy groups -OCH3 is 2. The Morgan fingerprint density at radius 1 is 1.44 bits per heavy atom. The molecule has 0 bridgehead atoms. The molecule has 0 aliphatic carbocycles. The minimum atomic E-state index is -0.695. The molecule has 1 aromatic carbocycles. The topological polar surface area (TPSA) is 73.6 Å². The monoisotopic (exact) mass is 256 g/mol. The summed E-state index contributed by atoms with van der Waals surface area (Å²) in [6, 6.07) is 3.24. The van der Waals surface area contributed by atoms with Gasteiger partial charge in [0.15, 0.2) is 0 Å². The summed E-state index contributed by atoms with van der Waals surface area (Å²) in [4.78, 5) is 11.7. The summed E-state index contributed by atoms with van der Waals surface area (Å²) in [6.07, 6.45) is 0.398. The predicted octanol–water partition coefficient (Wildman–Crippen LogP) is 1.14. The number of nitrogens with one attached hydrogen (secondary N) is 1. The van der Waals surface area contributed by atoms with Gasteiger partial charge in [-0.05, 0) is 12.5 Å². The summed E-state index contributed by atoms with van der Waals surface area (Å²) in [5.74, 6) is -0.550. The molecule has 0 aliphatic rings. The minimum absolute atomic E-state index is 0.310. The van der Waals surface area contributed by atoms with Crippen LogP contribution < -0.4 is 15.8 Å². The quantitative estimate of drug-likeness (QED) is 0.800. The van der Waals surface area contributed by atoms with Crippen LogP contribution in [0.15, 0.2) is 18.2 Å². The number of anilines is 1. The molecule has 1 amide bonds. The van der Waals surface area contributed by atoms with Crippen molar-refractivity contribution in [1.29, 1.82) is 0 Å². The van der Waals surface area contributed by atoms with Crippen molar-refractivity contribution in [1.82, 2.24) is 0 Å². The number of hydrogen-bond acceptors (Lipinski definition) is 4. The number of hydrogen-bond donors (Lipinski definition) is 2. The lowest BCUT2D eigenvalue weighted by Gasteiger charge is -2.12. The third-order valence-corrected chi connectivity index (χ3v) is 2.34. The van der Waals surface area contributed by atoms with Crippen LogP contribution in [0.1, 0.15) is 6.42 Å². The highest BCUT2D eigenvalue weighted by molar-refractivity contribution is 5.94. The smallest absolute Gasteiger partial charge is 0.241 e. The van der Waals surface area contributed by atoms with Gasteiger partial charge in [-0.2, -0.15) is 0 Å². The first-order chi connectivity index (χ1) is 8.56. The molecule has 5 nitrogen and oxygen atoms in total. The van der Waals surface area contributed by atoms with Crippen LogP contribution in [0.5, 0.6) is 5.75 Å². The van der Waals surface area contributed by atoms with Crippen molar-refractivity contribution in [3.63, 3.8) is 0 Å². The number of ether oxygens (including phenoxy) is 2. The van der Waals surface area contributed by atoms with Crippen molar-refractivity contribution in [2.24, 2.45) is 5.73 Å². The van der Waals surface area contributed by atoms with Gasteiger partial charge in [-0.3, -0.25) is 4.79 Å². The molecule has 18 heavy (non-hydrogen) atoms. The third kappa shape index (κ3) is 4.31. The van der Waals surface area contributed by atoms with Gasteiger partial charge in [0, 0.05) is 31.5 Å². The Bertz CT molecular complexity index is 412. The second-order valence-corrected chi connectivity index (χ2v) is 3.76. The maximum atomic E-state index is 13.2. The number of carbonyl (C=O) groups is 1. The van der Waals surface area contributed by atoms with Crippen molar-refractivity contribution in [2.75, 3.05) is 26.1 Å². The van der Waals surface area contributed by atoms with Crippen molar-refractivity contribution in [3.05, 3.63) is 24.0 Å². The zero-order valence-corrected chi connectivity index (χ0v) is 10.4. The molecule has 1 aromatic rings. The average Bonchev–Trinajstić information content (AvgIpc) is 2.34. The highest BCUT2D eigenvalue weighted by atomic mass is 19.1. The van der Waals surface area contributed by atoms with Gasteiger partial charge < -0.3 is 20.5 Å². The average molecular weight is 256 g/mol. The number of benzene rings is 1. The summed E-state index contributed by atoms with van der Waals surface area (Å²) in [5, 5.41) is 2.53. The fourth-order valence-electron chi connectivity index (χ4n) is 1.36. The molecule has 100 valence electrons. The van der Waals surface area contributed by atoms with Gasteiger partial charge in [0.05, 0.1) is 13.2 Å². The van der Waals surface area contributed by atoms with Crippen LogP contribution in [-0.4, -0.2) is 32.8 Å². The maximum absolute atomic E-state index is 13.2. The molecule has 0 aliphatic heterocycles. The summed E-state index contributed by atoms with van der Waals surface area (Å²) >= 11 is 0. The first-order valence-electron chi connectivity index (χ1n) is 5.46. The van der Waals surface area contributed by atoms with Gasteiger partial charge in [0.25, 0.3) is 0 Å². The molecule has 0 saturated carbocycles. The Kier molecular flexibility index (Phi) is 5.54. The van der Waals surface area contributed by atoms with E-state index in [4.69, 9.17) is 15.2 Å². The van der Waals surface area contributed by atoms with Crippen LogP contribution in [0, 0.1) is 5.82 Å². The Balaban J connectivity index is 2.66. The van der Waals surface area contributed by atoms with Gasteiger partial charge in [-0.1, -0.05) is 0 Å². The summed E-state index contributed by atoms with van der Waals surface area (Å²) < 4.78 is 22.9. The number of rotatable bonds is 6. The summed E-state index contributed by atoms with van der Waals surface area (Å²) in [6.45, 7) is 0.390. The number of halogens is 1. The van der Waals surface area contributed by atoms with E-state index < -0.39 is 11.9 Å². The second-order valence-electron chi connectivity index (χ2n) is 3.76. The van der Waals surface area contributed by atoms with E-state index in [-0.39, 0.29) is 5.91 Å². The first kappa shape index (κ1) is 14.4. The van der Waals surface area contributed by atoms with Gasteiger partial charge in [0.2, 0.25) is 5.91 Å². The Hall–Kier alpha value is -1.66. The first-order valence-corrected chi connectivity index (χ1v) is 5.46. The van der Waals surface area contributed by atoms with E-state index in [1.807, 2.05) is 0 Å². The van der Waals surface area contributed by atoms with E-state index in [0.717, 1.165) is 0 Å². The molecule has 1 rings (SSSR count). The summed E-state index contributed by atoms with van der Waals surface area (Å²) in [5.41, 5.74) is 5.95. The fourth-order valence-corrected chi connectivity index (χ4v) is 1.36. The van der Waals surface area contributed by atoms with E-state index in [9.17, 15) is 9.18 Å². The molecule has 0 saturated heterocycles. The van der Waals surface area contributed by atoms with E-state index >= 15 is 0 Å². The zero-order valence-electron chi connectivity index (χ0n) is 10.4. The van der Waals surface area contributed by atoms with Gasteiger partial charge in [-0.15, -0.1) is 0 Å². The molecular formula is C12H17FN2O3. The van der Waals surface area contributed by atoms with Crippen LogP contribution in [0.4, 0.5) is 10.1 Å². The van der Waals surface area contributed by atoms with Gasteiger partial charge in [0.1, 0.15) is 11.6 Å². The van der Waals surface area contributed by atoms with E-state index in [0.29, 0.717) is 24.5 Å². The zero-order chi connectivity index (χ0) is 13.5. The lowest BCUT2D eigenvalue weighted by atomic mass is 10.2. The largest absolute Gasteiger partial charge is 0.497 e. The standard InChI is InChI=1S/C12H17FN2O3/c1-17-4-3-11(14)12(16)15-9-5-8(13)6-10(7-9)18-2/h5-7,11H,3-4,14H2,1-2H3,(H,15,16). The van der Waals surface area contributed by atoms with Crippen molar-refractivity contribution in [3.8, 4) is 5.75 Å². The van der Waals surface area contributed by atoms with Gasteiger partial charge in [-0.25, -0.2) is 4.39 Å². The van der Waals surface area contributed by atoms with Crippen LogP contribution >= 0.6 is 0 Å². The minimum Gasteiger partial charge on any atom is -0.497 e. The number of amides is 1. The van der Waals surface area contributed by atoms with Crippen molar-refractivity contribution >= 4 is 11.6 Å². The van der Waals surface area contributed by atoms with Crippen LogP contribution in [-0.2, 0) is 9.53 Å². The van der Waals surface area contributed by atoms with Crippen LogP contribution in [0.2, 0.25) is 0 Å². The van der Waals surface area contributed by atoms with Crippen molar-refractivity contribution in [2.45, 2.75) is 12.5 Å². The molecule has 0 heterocycles. The predicted molar refractivity (Wildman–Crippen MR) is 66.1 cm³/mol. The van der Waals surface area contributed by atoms with Crippen LogP contribution in [0.3, 0.4) is 0 Å². The van der Waals surface area contributed by atoms with Gasteiger partial charge >= 0.3 is 0 Å². The lowest BCUT2D eigenvalue weighted by Crippen LogP contribution is -2.36. The highest BCUT2D eigenvalue weighted by Gasteiger charge is 2.14. The maximum Gasteiger partial charge on any atom is 0.241 e.